The van der Waals surface area contributed by atoms with Crippen LogP contribution in [0.3, 0.4) is 0 Å². The van der Waals surface area contributed by atoms with E-state index < -0.39 is 0 Å². The van der Waals surface area contributed by atoms with Gasteiger partial charge in [-0.1, -0.05) is 30.3 Å². The third-order valence-electron chi connectivity index (χ3n) is 2.91. The molecule has 1 N–H and O–H groups in total. The summed E-state index contributed by atoms with van der Waals surface area (Å²) in [5.74, 6) is 0.644. The minimum Gasteiger partial charge on any atom is -0.380 e. The number of ether oxygens (including phenoxy) is 1. The average Bonchev–Trinajstić information content (AvgIpc) is 2.82. The highest BCUT2D eigenvalue weighted by Crippen LogP contribution is 2.09. The molecule has 0 aromatic heterocycles. The van der Waals surface area contributed by atoms with E-state index in [4.69, 9.17) is 16.3 Å². The molecule has 16 heavy (non-hydrogen) atoms. The van der Waals surface area contributed by atoms with Gasteiger partial charge in [0, 0.05) is 24.6 Å². The number of hydrogen-bond acceptors (Lipinski definition) is 2. The van der Waals surface area contributed by atoms with Crippen molar-refractivity contribution < 1.29 is 4.74 Å². The summed E-state index contributed by atoms with van der Waals surface area (Å²) in [5.41, 5.74) is 1.33. The van der Waals surface area contributed by atoms with E-state index in [1.807, 2.05) is 6.07 Å². The lowest BCUT2D eigenvalue weighted by atomic mass is 10.1. The summed E-state index contributed by atoms with van der Waals surface area (Å²) in [7, 11) is 0. The topological polar surface area (TPSA) is 21.3 Å². The zero-order valence-electron chi connectivity index (χ0n) is 9.36. The van der Waals surface area contributed by atoms with Gasteiger partial charge < -0.3 is 10.1 Å². The lowest BCUT2D eigenvalue weighted by molar-refractivity contribution is 0.188. The first-order valence-electron chi connectivity index (χ1n) is 5.82. The first-order valence-corrected chi connectivity index (χ1v) is 6.35. The van der Waals surface area contributed by atoms with Crippen LogP contribution in [0.5, 0.6) is 0 Å². The Morgan fingerprint density at radius 2 is 2.19 bits per heavy atom. The van der Waals surface area contributed by atoms with Crippen LogP contribution in [0.2, 0.25) is 0 Å². The minimum absolute atomic E-state index is 0.343. The summed E-state index contributed by atoms with van der Waals surface area (Å²) in [6.07, 6.45) is 2.09. The molecule has 0 aliphatic carbocycles. The van der Waals surface area contributed by atoms with Gasteiger partial charge in [0.2, 0.25) is 0 Å². The zero-order valence-corrected chi connectivity index (χ0v) is 10.1. The number of nitrogens with one attached hydrogen (secondary N) is 1. The van der Waals surface area contributed by atoms with Gasteiger partial charge in [-0.25, -0.2) is 0 Å². The smallest absolute Gasteiger partial charge is 0.0620 e. The van der Waals surface area contributed by atoms with E-state index in [2.05, 4.69) is 29.6 Å². The van der Waals surface area contributed by atoms with Crippen molar-refractivity contribution in [3.05, 3.63) is 35.9 Å². The van der Waals surface area contributed by atoms with Crippen molar-refractivity contribution in [2.75, 3.05) is 19.1 Å². The Hall–Kier alpha value is -0.570. The van der Waals surface area contributed by atoms with E-state index in [0.29, 0.717) is 18.0 Å². The van der Waals surface area contributed by atoms with E-state index >= 15 is 0 Å². The third kappa shape index (κ3) is 3.48. The van der Waals surface area contributed by atoms with Gasteiger partial charge in [-0.3, -0.25) is 0 Å². The molecular formula is C13H18ClNO. The predicted octanol–water partition coefficient (Wildman–Crippen LogP) is 2.21. The second-order valence-corrected chi connectivity index (χ2v) is 4.58. The molecule has 88 valence electrons. The number of alkyl halides is 1. The van der Waals surface area contributed by atoms with Gasteiger partial charge in [0.15, 0.2) is 0 Å². The lowest BCUT2D eigenvalue weighted by Gasteiger charge is -2.20. The van der Waals surface area contributed by atoms with Crippen LogP contribution in [0.25, 0.3) is 0 Å². The molecular weight excluding hydrogens is 222 g/mol. The molecule has 0 saturated carbocycles. The van der Waals surface area contributed by atoms with Gasteiger partial charge in [0.25, 0.3) is 0 Å². The molecule has 0 spiro atoms. The number of benzene rings is 1. The Kier molecular flexibility index (Phi) is 4.64. The predicted molar refractivity (Wildman–Crippen MR) is 67.0 cm³/mol. The maximum Gasteiger partial charge on any atom is 0.0620 e. The summed E-state index contributed by atoms with van der Waals surface area (Å²) in [5, 5.41) is 3.56. The fourth-order valence-corrected chi connectivity index (χ4v) is 2.25. The van der Waals surface area contributed by atoms with Crippen LogP contribution < -0.4 is 5.32 Å². The van der Waals surface area contributed by atoms with E-state index in [1.165, 1.54) is 5.56 Å². The molecule has 1 aromatic rings. The van der Waals surface area contributed by atoms with E-state index in [0.717, 1.165) is 26.1 Å². The number of hydrogen-bond donors (Lipinski definition) is 1. The maximum absolute atomic E-state index is 5.99. The Morgan fingerprint density at radius 1 is 1.38 bits per heavy atom. The fraction of sp³-hybridized carbons (Fsp3) is 0.538. The fourth-order valence-electron chi connectivity index (χ4n) is 2.06. The van der Waals surface area contributed by atoms with Crippen LogP contribution in [0, 0.1) is 0 Å². The van der Waals surface area contributed by atoms with E-state index in [1.54, 1.807) is 0 Å². The van der Waals surface area contributed by atoms with Crippen LogP contribution in [-0.4, -0.2) is 31.2 Å². The second kappa shape index (κ2) is 6.24. The normalized spacial score (nSPS) is 22.2. The summed E-state index contributed by atoms with van der Waals surface area (Å²) in [6.45, 7) is 1.69. The Balaban J connectivity index is 1.85. The lowest BCUT2D eigenvalue weighted by Crippen LogP contribution is -2.41. The van der Waals surface area contributed by atoms with Gasteiger partial charge >= 0.3 is 0 Å². The number of rotatable bonds is 5. The Bertz CT molecular complexity index is 298. The number of halogens is 1. The minimum atomic E-state index is 0.343. The quantitative estimate of drug-likeness (QED) is 0.796. The van der Waals surface area contributed by atoms with Crippen molar-refractivity contribution in [1.82, 2.24) is 5.32 Å². The molecule has 1 saturated heterocycles. The van der Waals surface area contributed by atoms with Crippen molar-refractivity contribution in [2.24, 2.45) is 0 Å². The molecule has 0 amide bonds. The molecule has 1 heterocycles. The van der Waals surface area contributed by atoms with Crippen LogP contribution in [0.4, 0.5) is 0 Å². The second-order valence-electron chi connectivity index (χ2n) is 4.27. The monoisotopic (exact) mass is 239 g/mol. The van der Waals surface area contributed by atoms with Crippen molar-refractivity contribution in [1.29, 1.82) is 0 Å². The van der Waals surface area contributed by atoms with Gasteiger partial charge in [0.05, 0.1) is 6.61 Å². The van der Waals surface area contributed by atoms with Crippen molar-refractivity contribution in [3.63, 3.8) is 0 Å². The summed E-state index contributed by atoms with van der Waals surface area (Å²) < 4.78 is 5.35. The average molecular weight is 240 g/mol. The highest BCUT2D eigenvalue weighted by atomic mass is 35.5. The van der Waals surface area contributed by atoms with E-state index in [9.17, 15) is 0 Å². The standard InChI is InChI=1S/C13H18ClNO/c14-9-13(15-12-6-7-16-10-12)8-11-4-2-1-3-5-11/h1-5,12-13,15H,6-10H2. The van der Waals surface area contributed by atoms with Crippen molar-refractivity contribution in [2.45, 2.75) is 24.9 Å². The maximum atomic E-state index is 5.99. The first kappa shape index (κ1) is 11.9. The van der Waals surface area contributed by atoms with E-state index in [-0.39, 0.29) is 0 Å². The van der Waals surface area contributed by atoms with Gasteiger partial charge in [0.1, 0.15) is 0 Å². The largest absolute Gasteiger partial charge is 0.380 e. The molecule has 3 heteroatoms. The molecule has 1 aliphatic heterocycles. The summed E-state index contributed by atoms with van der Waals surface area (Å²) in [6, 6.07) is 11.3. The van der Waals surface area contributed by atoms with Crippen LogP contribution in [-0.2, 0) is 11.2 Å². The molecule has 1 aliphatic rings. The van der Waals surface area contributed by atoms with Crippen LogP contribution >= 0.6 is 11.6 Å². The Morgan fingerprint density at radius 3 is 2.81 bits per heavy atom. The molecule has 0 bridgehead atoms. The van der Waals surface area contributed by atoms with Gasteiger partial charge in [-0.15, -0.1) is 11.6 Å². The molecule has 2 unspecified atom stereocenters. The Labute approximate surface area is 102 Å². The first-order chi connectivity index (χ1) is 7.88. The van der Waals surface area contributed by atoms with Crippen LogP contribution in [0.15, 0.2) is 30.3 Å². The third-order valence-corrected chi connectivity index (χ3v) is 3.28. The molecule has 0 radical (unpaired) electrons. The highest BCUT2D eigenvalue weighted by Gasteiger charge is 2.19. The molecule has 2 atom stereocenters. The zero-order chi connectivity index (χ0) is 11.2. The summed E-state index contributed by atoms with van der Waals surface area (Å²) >= 11 is 5.99. The van der Waals surface area contributed by atoms with Crippen LogP contribution in [0.1, 0.15) is 12.0 Å². The van der Waals surface area contributed by atoms with Gasteiger partial charge in [-0.2, -0.15) is 0 Å². The molecule has 1 aromatic carbocycles. The summed E-state index contributed by atoms with van der Waals surface area (Å²) in [4.78, 5) is 0. The van der Waals surface area contributed by atoms with Crippen molar-refractivity contribution in [3.8, 4) is 0 Å². The molecule has 2 nitrogen and oxygen atoms in total. The van der Waals surface area contributed by atoms with Gasteiger partial charge in [-0.05, 0) is 18.4 Å². The molecule has 2 rings (SSSR count). The highest BCUT2D eigenvalue weighted by molar-refractivity contribution is 6.18. The molecule has 1 fully saturated rings. The SMILES string of the molecule is ClCC(Cc1ccccc1)NC1CCOC1. The van der Waals surface area contributed by atoms with Crippen molar-refractivity contribution >= 4 is 11.6 Å².